The Morgan fingerprint density at radius 3 is 1.48 bits per heavy atom. The molecule has 0 saturated carbocycles. The number of benzene rings is 2. The molecule has 0 N–H and O–H groups in total. The molecule has 0 aliphatic carbocycles. The van der Waals surface area contributed by atoms with Gasteiger partial charge in [-0.1, -0.05) is 138 Å². The number of carbonyl (C=O) groups excluding carboxylic acids is 2. The fourth-order valence-electron chi connectivity index (χ4n) is 6.74. The van der Waals surface area contributed by atoms with E-state index in [1.54, 1.807) is 0 Å². The van der Waals surface area contributed by atoms with Crippen molar-refractivity contribution in [2.45, 2.75) is 154 Å². The number of alkyl halides is 10. The van der Waals surface area contributed by atoms with E-state index in [1.165, 1.54) is 48.5 Å². The highest BCUT2D eigenvalue weighted by Crippen LogP contribution is 2.45. The van der Waals surface area contributed by atoms with Crippen LogP contribution in [0, 0.1) is 0 Å². The molecule has 7 atom stereocenters. The minimum atomic E-state index is -5.20. The van der Waals surface area contributed by atoms with Crippen molar-refractivity contribution in [2.75, 3.05) is 20.8 Å². The van der Waals surface area contributed by atoms with E-state index >= 15 is 0 Å². The van der Waals surface area contributed by atoms with E-state index in [4.69, 9.17) is 65.4 Å². The van der Waals surface area contributed by atoms with Crippen molar-refractivity contribution in [1.29, 1.82) is 0 Å². The minimum absolute atomic E-state index is 0.0749. The molecule has 2 rings (SSSR count). The summed E-state index contributed by atoms with van der Waals surface area (Å²) in [7, 11) is 1.61. The number of methoxy groups -OCH3 is 2. The molecule has 58 heavy (non-hydrogen) atoms. The van der Waals surface area contributed by atoms with Gasteiger partial charge in [-0.15, -0.1) is 46.4 Å². The van der Waals surface area contributed by atoms with Gasteiger partial charge in [0.15, 0.2) is 0 Å². The third-order valence-corrected chi connectivity index (χ3v) is 12.1. The van der Waals surface area contributed by atoms with Gasteiger partial charge in [0.05, 0.1) is 22.7 Å². The van der Waals surface area contributed by atoms with Crippen LogP contribution in [0.2, 0.25) is 0 Å². The first-order valence-electron chi connectivity index (χ1n) is 19.7. The number of hydrogen-bond donors (Lipinski definition) is 0. The first-order chi connectivity index (χ1) is 27.4. The largest absolute Gasteiger partial charge is 0.463 e. The van der Waals surface area contributed by atoms with Gasteiger partial charge < -0.3 is 18.9 Å². The SMILES string of the molecule is CCCCCC[C@@H](Cl)[C@@H](Cl)[C@@H](OC(=O)[C@@](OC)(c1ccccc1)C(F)(F)F)[C@H](Cl)C[C@@H](Cl)CCCCCCCCCCOC(=O)[C@@](OC)(c1ccccc1)C(F)(F)F. The molecule has 2 aromatic rings. The van der Waals surface area contributed by atoms with Gasteiger partial charge >= 0.3 is 24.3 Å². The summed E-state index contributed by atoms with van der Waals surface area (Å²) in [5.41, 5.74) is -7.47. The molecule has 0 radical (unpaired) electrons. The third-order valence-electron chi connectivity index (χ3n) is 10.1. The highest BCUT2D eigenvalue weighted by atomic mass is 35.5. The molecule has 0 bridgehead atoms. The molecule has 2 aromatic carbocycles. The molecule has 0 spiro atoms. The monoisotopic (exact) mass is 910 g/mol. The number of rotatable bonds is 28. The lowest BCUT2D eigenvalue weighted by Gasteiger charge is -2.36. The average molecular weight is 913 g/mol. The predicted molar refractivity (Wildman–Crippen MR) is 217 cm³/mol. The zero-order chi connectivity index (χ0) is 43.4. The second-order valence-electron chi connectivity index (χ2n) is 14.3. The van der Waals surface area contributed by atoms with Gasteiger partial charge in [0.1, 0.15) is 6.10 Å². The van der Waals surface area contributed by atoms with Crippen LogP contribution in [0.5, 0.6) is 0 Å². The molecular weight excluding hydrogens is 856 g/mol. The molecular formula is C42H56Cl4F6O6. The Labute approximate surface area is 358 Å². The van der Waals surface area contributed by atoms with Gasteiger partial charge in [-0.05, 0) is 25.7 Å². The Hall–Kier alpha value is -1.96. The molecule has 0 aromatic heterocycles. The van der Waals surface area contributed by atoms with Crippen molar-refractivity contribution in [1.82, 2.24) is 0 Å². The van der Waals surface area contributed by atoms with Crippen molar-refractivity contribution in [3.63, 3.8) is 0 Å². The van der Waals surface area contributed by atoms with Crippen molar-refractivity contribution in [3.8, 4) is 0 Å². The van der Waals surface area contributed by atoms with Crippen LogP contribution in [0.25, 0.3) is 0 Å². The quantitative estimate of drug-likeness (QED) is 0.0367. The molecule has 0 amide bonds. The average Bonchev–Trinajstić information content (AvgIpc) is 3.18. The lowest BCUT2D eigenvalue weighted by Crippen LogP contribution is -2.54. The summed E-state index contributed by atoms with van der Waals surface area (Å²) in [5, 5.41) is -3.46. The Kier molecular flexibility index (Phi) is 23.1. The summed E-state index contributed by atoms with van der Waals surface area (Å²) in [6.07, 6.45) is -1.00. The van der Waals surface area contributed by atoms with Gasteiger partial charge in [0, 0.05) is 30.7 Å². The smallest absolute Gasteiger partial charge is 0.432 e. The Balaban J connectivity index is 1.88. The summed E-state index contributed by atoms with van der Waals surface area (Å²) < 4.78 is 106. The van der Waals surface area contributed by atoms with Gasteiger partial charge in [-0.25, -0.2) is 9.59 Å². The second kappa shape index (κ2) is 25.7. The number of hydrogen-bond acceptors (Lipinski definition) is 6. The fraction of sp³-hybridized carbons (Fsp3) is 0.667. The topological polar surface area (TPSA) is 71.1 Å². The van der Waals surface area contributed by atoms with Gasteiger partial charge in [0.25, 0.3) is 11.2 Å². The number of unbranched alkanes of at least 4 members (excludes halogenated alkanes) is 10. The van der Waals surface area contributed by atoms with Crippen molar-refractivity contribution in [3.05, 3.63) is 71.8 Å². The highest BCUT2D eigenvalue weighted by Gasteiger charge is 2.65. The van der Waals surface area contributed by atoms with E-state index in [9.17, 15) is 35.9 Å². The Morgan fingerprint density at radius 1 is 0.586 bits per heavy atom. The maximum Gasteiger partial charge on any atom is 0.432 e. The first-order valence-corrected chi connectivity index (χ1v) is 21.5. The van der Waals surface area contributed by atoms with Crippen LogP contribution in [0.1, 0.15) is 114 Å². The van der Waals surface area contributed by atoms with Crippen LogP contribution in [-0.4, -0.2) is 72.7 Å². The van der Waals surface area contributed by atoms with Crippen molar-refractivity contribution >= 4 is 58.3 Å². The van der Waals surface area contributed by atoms with Crippen LogP contribution in [-0.2, 0) is 39.7 Å². The number of esters is 2. The summed E-state index contributed by atoms with van der Waals surface area (Å²) in [4.78, 5) is 26.2. The number of carbonyl (C=O) groups is 2. The van der Waals surface area contributed by atoms with Crippen LogP contribution < -0.4 is 0 Å². The van der Waals surface area contributed by atoms with Gasteiger partial charge in [-0.3, -0.25) is 0 Å². The summed E-state index contributed by atoms with van der Waals surface area (Å²) in [6, 6.07) is 13.1. The minimum Gasteiger partial charge on any atom is -0.463 e. The van der Waals surface area contributed by atoms with E-state index in [-0.39, 0.29) is 18.6 Å². The Bertz CT molecular complexity index is 1460. The highest BCUT2D eigenvalue weighted by molar-refractivity contribution is 6.31. The molecule has 6 nitrogen and oxygen atoms in total. The summed E-state index contributed by atoms with van der Waals surface area (Å²) >= 11 is 26.8. The standard InChI is InChI=1S/C42H56Cl4F6O6/c1-4-5-6-20-27-33(44)35(46)36(58-38(54)40(56-3,42(50,51)52)31-24-17-14-18-25-31)34(45)29-32(43)26-19-11-9-7-8-10-12-21-28-57-37(53)39(55-2,41(47,48)49)30-22-15-13-16-23-30/h13-18,22-25,32-36H,4-12,19-21,26-29H2,1-3H3/t32-,33+,34+,35+,36-,39-,40-/m0/s1. The van der Waals surface area contributed by atoms with Crippen molar-refractivity contribution in [2.24, 2.45) is 0 Å². The zero-order valence-electron chi connectivity index (χ0n) is 33.2. The van der Waals surface area contributed by atoms with E-state index < -0.39 is 68.7 Å². The predicted octanol–water partition coefficient (Wildman–Crippen LogP) is 13.0. The van der Waals surface area contributed by atoms with Crippen LogP contribution in [0.4, 0.5) is 26.3 Å². The summed E-state index contributed by atoms with van der Waals surface area (Å²) in [5.74, 6) is -3.22. The number of ether oxygens (including phenoxy) is 4. The van der Waals surface area contributed by atoms with E-state index in [2.05, 4.69) is 6.92 Å². The second-order valence-corrected chi connectivity index (χ2v) is 16.5. The lowest BCUT2D eigenvalue weighted by atomic mass is 9.92. The normalized spacial score (nSPS) is 17.0. The molecule has 330 valence electrons. The fourth-order valence-corrected chi connectivity index (χ4v) is 8.33. The first kappa shape index (κ1) is 52.2. The zero-order valence-corrected chi connectivity index (χ0v) is 36.2. The molecule has 0 fully saturated rings. The molecule has 0 saturated heterocycles. The molecule has 0 heterocycles. The van der Waals surface area contributed by atoms with Gasteiger partial charge in [0.2, 0.25) is 0 Å². The van der Waals surface area contributed by atoms with Gasteiger partial charge in [-0.2, -0.15) is 26.3 Å². The maximum atomic E-state index is 14.7. The van der Waals surface area contributed by atoms with E-state index in [1.807, 2.05) is 0 Å². The summed E-state index contributed by atoms with van der Waals surface area (Å²) in [6.45, 7) is 1.87. The molecule has 0 unspecified atom stereocenters. The van der Waals surface area contributed by atoms with Crippen LogP contribution >= 0.6 is 46.4 Å². The van der Waals surface area contributed by atoms with Crippen LogP contribution in [0.15, 0.2) is 60.7 Å². The molecule has 0 aliphatic heterocycles. The maximum absolute atomic E-state index is 14.7. The van der Waals surface area contributed by atoms with Crippen molar-refractivity contribution < 1.29 is 54.9 Å². The van der Waals surface area contributed by atoms with Crippen LogP contribution in [0.3, 0.4) is 0 Å². The molecule has 0 aliphatic rings. The lowest BCUT2D eigenvalue weighted by molar-refractivity contribution is -0.278. The number of halogens is 10. The third kappa shape index (κ3) is 14.6. The Morgan fingerprint density at radius 2 is 1.02 bits per heavy atom. The van der Waals surface area contributed by atoms with E-state index in [0.29, 0.717) is 25.7 Å². The van der Waals surface area contributed by atoms with E-state index in [0.717, 1.165) is 90.6 Å². The molecule has 16 heteroatoms.